The van der Waals surface area contributed by atoms with Gasteiger partial charge in [-0.3, -0.25) is 10.1 Å². The third-order valence-corrected chi connectivity index (χ3v) is 5.51. The van der Waals surface area contributed by atoms with E-state index in [0.717, 1.165) is 27.1 Å². The van der Waals surface area contributed by atoms with Crippen LogP contribution in [0.4, 0.5) is 0 Å². The van der Waals surface area contributed by atoms with Gasteiger partial charge in [-0.25, -0.2) is 0 Å². The van der Waals surface area contributed by atoms with E-state index < -0.39 is 0 Å². The van der Waals surface area contributed by atoms with Crippen molar-refractivity contribution in [3.05, 3.63) is 94.0 Å². The second kappa shape index (κ2) is 10.9. The summed E-state index contributed by atoms with van der Waals surface area (Å²) in [5, 5.41) is 3.22. The molecular weight excluding hydrogens is 476 g/mol. The highest BCUT2D eigenvalue weighted by Gasteiger charge is 2.16. The van der Waals surface area contributed by atoms with Gasteiger partial charge in [-0.1, -0.05) is 46.3 Å². The maximum Gasteiger partial charge on any atom is 0.257 e. The monoisotopic (exact) mass is 498 g/mol. The number of nitrogens with one attached hydrogen (secondary N) is 1. The summed E-state index contributed by atoms with van der Waals surface area (Å²) in [6.45, 7) is 1.07. The Morgan fingerprint density at radius 2 is 1.42 bits per heavy atom. The number of rotatable bonds is 7. The molecule has 3 rings (SSSR count). The van der Waals surface area contributed by atoms with Crippen LogP contribution in [-0.2, 0) is 13.1 Å². The van der Waals surface area contributed by atoms with Gasteiger partial charge in [0.1, 0.15) is 11.5 Å². The Morgan fingerprint density at radius 1 is 0.903 bits per heavy atom. The lowest BCUT2D eigenvalue weighted by Gasteiger charge is -2.26. The molecule has 0 heterocycles. The zero-order chi connectivity index (χ0) is 22.2. The standard InChI is InChI=1S/C24H23BrN2O3S/c1-29-21-10-6-17(7-11-21)15-27(16-18-8-12-22(30-2)13-9-18)24(31)26-23(28)19-4-3-5-20(25)14-19/h3-14H,15-16H2,1-2H3,(H,26,28,31). The minimum absolute atomic E-state index is 0.249. The third kappa shape index (κ3) is 6.54. The molecule has 3 aromatic rings. The maximum atomic E-state index is 12.7. The number of benzene rings is 3. The van der Waals surface area contributed by atoms with Crippen LogP contribution in [0.5, 0.6) is 11.5 Å². The summed E-state index contributed by atoms with van der Waals surface area (Å²) in [5.41, 5.74) is 2.63. The van der Waals surface area contributed by atoms with Gasteiger partial charge in [0.15, 0.2) is 5.11 Å². The average Bonchev–Trinajstić information content (AvgIpc) is 2.79. The van der Waals surface area contributed by atoms with Gasteiger partial charge in [-0.15, -0.1) is 0 Å². The van der Waals surface area contributed by atoms with E-state index in [4.69, 9.17) is 21.7 Å². The Morgan fingerprint density at radius 3 is 1.87 bits per heavy atom. The van der Waals surface area contributed by atoms with Gasteiger partial charge in [0.05, 0.1) is 14.2 Å². The van der Waals surface area contributed by atoms with Crippen molar-refractivity contribution in [3.8, 4) is 11.5 Å². The fraction of sp³-hybridized carbons (Fsp3) is 0.167. The van der Waals surface area contributed by atoms with E-state index >= 15 is 0 Å². The summed E-state index contributed by atoms with van der Waals surface area (Å²) < 4.78 is 11.3. The number of carbonyl (C=O) groups excluding carboxylic acids is 1. The predicted molar refractivity (Wildman–Crippen MR) is 129 cm³/mol. The van der Waals surface area contributed by atoms with E-state index in [2.05, 4.69) is 21.2 Å². The average molecular weight is 499 g/mol. The van der Waals surface area contributed by atoms with Crippen LogP contribution >= 0.6 is 28.1 Å². The number of nitrogens with zero attached hydrogens (tertiary/aromatic N) is 1. The summed E-state index contributed by atoms with van der Waals surface area (Å²) >= 11 is 9.01. The van der Waals surface area contributed by atoms with E-state index in [1.54, 1.807) is 26.4 Å². The number of methoxy groups -OCH3 is 2. The van der Waals surface area contributed by atoms with E-state index in [-0.39, 0.29) is 5.91 Å². The molecule has 0 saturated heterocycles. The number of carbonyl (C=O) groups is 1. The molecule has 0 atom stereocenters. The first-order valence-electron chi connectivity index (χ1n) is 9.60. The smallest absolute Gasteiger partial charge is 0.257 e. The first-order chi connectivity index (χ1) is 15.0. The zero-order valence-electron chi connectivity index (χ0n) is 17.3. The molecule has 0 saturated carbocycles. The van der Waals surface area contributed by atoms with Crippen molar-refractivity contribution in [3.63, 3.8) is 0 Å². The summed E-state index contributed by atoms with van der Waals surface area (Å²) in [7, 11) is 3.27. The highest BCUT2D eigenvalue weighted by atomic mass is 79.9. The lowest BCUT2D eigenvalue weighted by molar-refractivity contribution is 0.0972. The van der Waals surface area contributed by atoms with Crippen LogP contribution in [0, 0.1) is 0 Å². The minimum Gasteiger partial charge on any atom is -0.497 e. The van der Waals surface area contributed by atoms with Crippen molar-refractivity contribution in [1.82, 2.24) is 10.2 Å². The maximum absolute atomic E-state index is 12.7. The van der Waals surface area contributed by atoms with Crippen LogP contribution in [-0.4, -0.2) is 30.1 Å². The molecule has 3 aromatic carbocycles. The second-order valence-corrected chi connectivity index (χ2v) is 8.12. The molecule has 0 radical (unpaired) electrons. The summed E-state index contributed by atoms with van der Waals surface area (Å²) in [6.07, 6.45) is 0. The van der Waals surface area contributed by atoms with Gasteiger partial charge in [-0.05, 0) is 65.8 Å². The molecule has 7 heteroatoms. The molecule has 160 valence electrons. The second-order valence-electron chi connectivity index (χ2n) is 6.82. The van der Waals surface area contributed by atoms with Crippen LogP contribution in [0.1, 0.15) is 21.5 Å². The van der Waals surface area contributed by atoms with Crippen LogP contribution in [0.2, 0.25) is 0 Å². The molecular formula is C24H23BrN2O3S. The van der Waals surface area contributed by atoms with Crippen molar-refractivity contribution in [2.75, 3.05) is 14.2 Å². The topological polar surface area (TPSA) is 50.8 Å². The van der Waals surface area contributed by atoms with Crippen molar-refractivity contribution in [2.24, 2.45) is 0 Å². The molecule has 0 aromatic heterocycles. The number of hydrogen-bond acceptors (Lipinski definition) is 4. The molecule has 0 aliphatic rings. The lowest BCUT2D eigenvalue weighted by Crippen LogP contribution is -2.42. The molecule has 5 nitrogen and oxygen atoms in total. The van der Waals surface area contributed by atoms with E-state index in [9.17, 15) is 4.79 Å². The van der Waals surface area contributed by atoms with Gasteiger partial charge in [0.2, 0.25) is 0 Å². The number of halogens is 1. The molecule has 0 unspecified atom stereocenters. The Balaban J connectivity index is 1.78. The van der Waals surface area contributed by atoms with Crippen LogP contribution < -0.4 is 14.8 Å². The molecule has 0 aliphatic heterocycles. The number of amides is 1. The van der Waals surface area contributed by atoms with Crippen molar-refractivity contribution in [1.29, 1.82) is 0 Å². The van der Waals surface area contributed by atoms with Crippen molar-refractivity contribution >= 4 is 39.2 Å². The molecule has 0 bridgehead atoms. The highest BCUT2D eigenvalue weighted by Crippen LogP contribution is 2.18. The molecule has 1 N–H and O–H groups in total. The zero-order valence-corrected chi connectivity index (χ0v) is 19.7. The Hall–Kier alpha value is -2.90. The minimum atomic E-state index is -0.249. The fourth-order valence-corrected chi connectivity index (χ4v) is 3.60. The number of hydrogen-bond donors (Lipinski definition) is 1. The summed E-state index contributed by atoms with van der Waals surface area (Å²) in [5.74, 6) is 1.33. The third-order valence-electron chi connectivity index (χ3n) is 4.66. The van der Waals surface area contributed by atoms with Crippen LogP contribution in [0.25, 0.3) is 0 Å². The SMILES string of the molecule is COc1ccc(CN(Cc2ccc(OC)cc2)C(=S)NC(=O)c2cccc(Br)c2)cc1. The predicted octanol–water partition coefficient (Wildman–Crippen LogP) is 5.18. The number of thiocarbonyl (C=S) groups is 1. The van der Waals surface area contributed by atoms with Gasteiger partial charge in [-0.2, -0.15) is 0 Å². The van der Waals surface area contributed by atoms with E-state index in [1.165, 1.54) is 0 Å². The van der Waals surface area contributed by atoms with Gasteiger partial charge >= 0.3 is 0 Å². The van der Waals surface area contributed by atoms with Crippen molar-refractivity contribution in [2.45, 2.75) is 13.1 Å². The van der Waals surface area contributed by atoms with Gasteiger partial charge < -0.3 is 14.4 Å². The largest absolute Gasteiger partial charge is 0.497 e. The summed E-state index contributed by atoms with van der Waals surface area (Å²) in [6, 6.07) is 22.8. The molecule has 0 aliphatic carbocycles. The Kier molecular flexibility index (Phi) is 8.03. The Bertz CT molecular complexity index is 990. The van der Waals surface area contributed by atoms with Crippen LogP contribution in [0.15, 0.2) is 77.3 Å². The lowest BCUT2D eigenvalue weighted by atomic mass is 10.1. The fourth-order valence-electron chi connectivity index (χ4n) is 2.98. The molecule has 0 spiro atoms. The van der Waals surface area contributed by atoms with Crippen molar-refractivity contribution < 1.29 is 14.3 Å². The summed E-state index contributed by atoms with van der Waals surface area (Å²) in [4.78, 5) is 14.7. The van der Waals surface area contributed by atoms with Gasteiger partial charge in [0, 0.05) is 23.1 Å². The number of ether oxygens (including phenoxy) is 2. The quantitative estimate of drug-likeness (QED) is 0.454. The molecule has 1 amide bonds. The first kappa shape index (κ1) is 22.8. The highest BCUT2D eigenvalue weighted by molar-refractivity contribution is 9.10. The first-order valence-corrected chi connectivity index (χ1v) is 10.8. The normalized spacial score (nSPS) is 10.3. The van der Waals surface area contributed by atoms with E-state index in [1.807, 2.05) is 65.6 Å². The van der Waals surface area contributed by atoms with E-state index in [0.29, 0.717) is 23.8 Å². The Labute approximate surface area is 196 Å². The molecule has 0 fully saturated rings. The molecule has 31 heavy (non-hydrogen) atoms. The van der Waals surface area contributed by atoms with Crippen LogP contribution in [0.3, 0.4) is 0 Å². The van der Waals surface area contributed by atoms with Gasteiger partial charge in [0.25, 0.3) is 5.91 Å².